The minimum absolute atomic E-state index is 0.370. The highest BCUT2D eigenvalue weighted by atomic mass is 28.4. The van der Waals surface area contributed by atoms with Crippen LogP contribution >= 0.6 is 0 Å². The summed E-state index contributed by atoms with van der Waals surface area (Å²) in [7, 11) is -2.26. The summed E-state index contributed by atoms with van der Waals surface area (Å²) in [5.74, 6) is 1.69. The van der Waals surface area contributed by atoms with Gasteiger partial charge in [-0.3, -0.25) is 4.90 Å². The minimum Gasteiger partial charge on any atom is -0.540 e. The molecule has 6 heteroatoms. The highest BCUT2D eigenvalue weighted by Gasteiger charge is 2.48. The van der Waals surface area contributed by atoms with Crippen LogP contribution in [0.15, 0.2) is 12.1 Å². The average Bonchev–Trinajstić information content (AvgIpc) is 2.71. The zero-order chi connectivity index (χ0) is 23.6. The van der Waals surface area contributed by atoms with E-state index in [0.29, 0.717) is 34.3 Å². The average molecular weight is 462 g/mol. The fraction of sp³-hybridized carbons (Fsp3) is 0.731. The number of benzene rings is 1. The Morgan fingerprint density at radius 3 is 2.34 bits per heavy atom. The predicted molar refractivity (Wildman–Crippen MR) is 133 cm³/mol. The third kappa shape index (κ3) is 4.72. The number of rotatable bonds is 8. The number of nitrogens with zero attached hydrogens (tertiary/aromatic N) is 1. The first kappa shape index (κ1) is 25.1. The topological polar surface area (TPSA) is 59.0 Å². The second-order valence-corrected chi connectivity index (χ2v) is 16.1. The van der Waals surface area contributed by atoms with Gasteiger partial charge < -0.3 is 14.3 Å². The number of likely N-dealkylation sites (tertiary alicyclic amines) is 1. The van der Waals surface area contributed by atoms with Crippen LogP contribution in [0.4, 0.5) is 4.79 Å². The van der Waals surface area contributed by atoms with E-state index in [1.54, 1.807) is 0 Å². The fourth-order valence-electron chi connectivity index (χ4n) is 6.68. The lowest BCUT2D eigenvalue weighted by atomic mass is 9.75. The van der Waals surface area contributed by atoms with Crippen LogP contribution in [0.3, 0.4) is 0 Å². The second-order valence-electron chi connectivity index (χ2n) is 10.7. The van der Waals surface area contributed by atoms with Gasteiger partial charge in [-0.15, -0.1) is 0 Å². The van der Waals surface area contributed by atoms with Crippen LogP contribution in [0.2, 0.25) is 16.6 Å². The van der Waals surface area contributed by atoms with Gasteiger partial charge in [0, 0.05) is 11.6 Å². The monoisotopic (exact) mass is 461 g/mol. The SMILES string of the molecule is CCCN1CCC[C@@H]2Cc3c(ccc(OC(=O)O)c3O[Si](C(C)C)(C(C)C)C(C)C)C[C@H]21. The van der Waals surface area contributed by atoms with Crippen LogP contribution in [0, 0.1) is 5.92 Å². The molecule has 0 amide bonds. The highest BCUT2D eigenvalue weighted by molar-refractivity contribution is 6.78. The van der Waals surface area contributed by atoms with Crippen molar-refractivity contribution in [2.75, 3.05) is 13.1 Å². The number of carboxylic acid groups (broad SMARTS) is 1. The van der Waals surface area contributed by atoms with Crippen molar-refractivity contribution in [3.63, 3.8) is 0 Å². The summed E-state index contributed by atoms with van der Waals surface area (Å²) in [6.45, 7) is 18.2. The van der Waals surface area contributed by atoms with Gasteiger partial charge in [-0.25, -0.2) is 4.79 Å². The van der Waals surface area contributed by atoms with Crippen LogP contribution in [0.5, 0.6) is 11.5 Å². The van der Waals surface area contributed by atoms with Gasteiger partial charge in [-0.05, 0) is 79.4 Å². The molecule has 5 nitrogen and oxygen atoms in total. The molecule has 2 aliphatic rings. The van der Waals surface area contributed by atoms with E-state index in [9.17, 15) is 9.90 Å². The molecule has 0 saturated carbocycles. The first-order valence-corrected chi connectivity index (χ1v) is 14.7. The van der Waals surface area contributed by atoms with Crippen LogP contribution in [-0.4, -0.2) is 43.6 Å². The van der Waals surface area contributed by atoms with E-state index in [0.717, 1.165) is 25.1 Å². The zero-order valence-corrected chi connectivity index (χ0v) is 22.1. The van der Waals surface area contributed by atoms with E-state index in [2.05, 4.69) is 59.4 Å². The van der Waals surface area contributed by atoms with Gasteiger partial charge in [0.25, 0.3) is 8.32 Å². The van der Waals surface area contributed by atoms with E-state index >= 15 is 0 Å². The molecule has 0 spiro atoms. The Hall–Kier alpha value is -1.53. The van der Waals surface area contributed by atoms with Crippen LogP contribution in [0.25, 0.3) is 0 Å². The van der Waals surface area contributed by atoms with Gasteiger partial charge in [0.1, 0.15) is 0 Å². The van der Waals surface area contributed by atoms with Gasteiger partial charge in [0.15, 0.2) is 11.5 Å². The molecule has 3 rings (SSSR count). The summed E-state index contributed by atoms with van der Waals surface area (Å²) in [6, 6.07) is 4.49. The van der Waals surface area contributed by atoms with Gasteiger partial charge >= 0.3 is 6.16 Å². The molecule has 0 bridgehead atoms. The molecule has 2 atom stereocenters. The lowest BCUT2D eigenvalue weighted by molar-refractivity contribution is 0.0849. The number of piperidine rings is 1. The highest BCUT2D eigenvalue weighted by Crippen LogP contribution is 2.49. The Labute approximate surface area is 195 Å². The molecule has 1 aliphatic heterocycles. The molecule has 1 fully saturated rings. The van der Waals surface area contributed by atoms with Crippen molar-refractivity contribution in [2.45, 2.75) is 103 Å². The molecule has 0 unspecified atom stereocenters. The Morgan fingerprint density at radius 1 is 1.12 bits per heavy atom. The largest absolute Gasteiger partial charge is 0.540 e. The Balaban J connectivity index is 2.09. The number of hydrogen-bond donors (Lipinski definition) is 1. The summed E-state index contributed by atoms with van der Waals surface area (Å²) >= 11 is 0. The molecule has 0 aromatic heterocycles. The summed E-state index contributed by atoms with van der Waals surface area (Å²) in [6.07, 6.45) is 4.34. The van der Waals surface area contributed by atoms with E-state index in [-0.39, 0.29) is 0 Å². The summed E-state index contributed by atoms with van der Waals surface area (Å²) in [5.41, 5.74) is 3.72. The first-order chi connectivity index (χ1) is 15.1. The maximum Gasteiger partial charge on any atom is 0.511 e. The molecule has 1 N–H and O–H groups in total. The third-order valence-electron chi connectivity index (χ3n) is 7.94. The van der Waals surface area contributed by atoms with Gasteiger partial charge in [-0.2, -0.15) is 0 Å². The van der Waals surface area contributed by atoms with Crippen molar-refractivity contribution in [3.05, 3.63) is 23.3 Å². The molecule has 1 aromatic rings. The molecule has 1 heterocycles. The summed E-state index contributed by atoms with van der Waals surface area (Å²) in [5, 5.41) is 9.43. The Morgan fingerprint density at radius 2 is 1.78 bits per heavy atom. The third-order valence-corrected chi connectivity index (χ3v) is 13.9. The molecule has 1 aliphatic carbocycles. The number of carbonyl (C=O) groups is 1. The maximum absolute atomic E-state index is 11.5. The van der Waals surface area contributed by atoms with Crippen molar-refractivity contribution in [1.29, 1.82) is 0 Å². The number of ether oxygens (including phenoxy) is 1. The lowest BCUT2D eigenvalue weighted by Crippen LogP contribution is -2.52. The lowest BCUT2D eigenvalue weighted by Gasteiger charge is -2.46. The fourth-order valence-corrected chi connectivity index (χ4v) is 12.0. The maximum atomic E-state index is 11.5. The van der Waals surface area contributed by atoms with Crippen molar-refractivity contribution in [3.8, 4) is 11.5 Å². The van der Waals surface area contributed by atoms with Crippen molar-refractivity contribution >= 4 is 14.5 Å². The molecular weight excluding hydrogens is 418 g/mol. The van der Waals surface area contributed by atoms with Crippen LogP contribution in [0.1, 0.15) is 78.9 Å². The molecule has 1 saturated heterocycles. The van der Waals surface area contributed by atoms with Gasteiger partial charge in [0.05, 0.1) is 0 Å². The summed E-state index contributed by atoms with van der Waals surface area (Å²) < 4.78 is 12.4. The van der Waals surface area contributed by atoms with Crippen LogP contribution < -0.4 is 9.16 Å². The van der Waals surface area contributed by atoms with Crippen molar-refractivity contribution < 1.29 is 19.1 Å². The van der Waals surface area contributed by atoms with E-state index in [1.807, 2.05) is 6.07 Å². The predicted octanol–water partition coefficient (Wildman–Crippen LogP) is 6.89. The molecule has 32 heavy (non-hydrogen) atoms. The van der Waals surface area contributed by atoms with Crippen molar-refractivity contribution in [2.24, 2.45) is 5.92 Å². The van der Waals surface area contributed by atoms with Gasteiger partial charge in [-0.1, -0.05) is 54.5 Å². The molecule has 1 aromatic carbocycles. The second kappa shape index (κ2) is 10.2. The van der Waals surface area contributed by atoms with E-state index in [1.165, 1.54) is 36.9 Å². The molecule has 0 radical (unpaired) electrons. The van der Waals surface area contributed by atoms with E-state index < -0.39 is 14.5 Å². The van der Waals surface area contributed by atoms with E-state index in [4.69, 9.17) is 9.16 Å². The zero-order valence-electron chi connectivity index (χ0n) is 21.1. The normalized spacial score (nSPS) is 21.6. The summed E-state index contributed by atoms with van der Waals surface area (Å²) in [4.78, 5) is 14.2. The standard InChI is InChI=1S/C26H43NO4Si/c1-8-13-27-14-9-10-21-15-22-20(16-23(21)27)11-12-24(30-26(28)29)25(22)31-32(17(2)3,18(4)5)19(6)7/h11-12,17-19,21,23H,8-10,13-16H2,1-7H3,(H,28,29)/t21-,23-/m1/s1. The Kier molecular flexibility index (Phi) is 7.97. The smallest absolute Gasteiger partial charge is 0.511 e. The molecular formula is C26H43NO4Si. The van der Waals surface area contributed by atoms with Crippen LogP contribution in [-0.2, 0) is 12.8 Å². The Bertz CT molecular complexity index is 783. The number of hydrogen-bond acceptors (Lipinski definition) is 4. The van der Waals surface area contributed by atoms with Gasteiger partial charge in [0.2, 0.25) is 0 Å². The minimum atomic E-state index is -2.26. The quantitative estimate of drug-likeness (QED) is 0.259. The number of fused-ring (bicyclic) bond motifs is 2. The molecule has 180 valence electrons. The first-order valence-electron chi connectivity index (χ1n) is 12.6. The van der Waals surface area contributed by atoms with Crippen molar-refractivity contribution in [1.82, 2.24) is 4.90 Å².